The molecular formula is C16H18Cl2N2. The van der Waals surface area contributed by atoms with E-state index in [1.54, 1.807) is 12.1 Å². The van der Waals surface area contributed by atoms with Crippen molar-refractivity contribution in [2.75, 3.05) is 0 Å². The molecule has 0 radical (unpaired) electrons. The quantitative estimate of drug-likeness (QED) is 0.650. The Morgan fingerprint density at radius 2 is 1.70 bits per heavy atom. The van der Waals surface area contributed by atoms with Crippen molar-refractivity contribution in [1.82, 2.24) is 5.43 Å². The summed E-state index contributed by atoms with van der Waals surface area (Å²) < 4.78 is 0. The molecule has 3 N–H and O–H groups in total. The van der Waals surface area contributed by atoms with Crippen LogP contribution in [-0.4, -0.2) is 0 Å². The topological polar surface area (TPSA) is 38.0 Å². The molecule has 106 valence electrons. The second-order valence-corrected chi connectivity index (χ2v) is 5.93. The van der Waals surface area contributed by atoms with Gasteiger partial charge in [0.2, 0.25) is 0 Å². The summed E-state index contributed by atoms with van der Waals surface area (Å²) in [7, 11) is 0. The second-order valence-electron chi connectivity index (χ2n) is 5.09. The molecule has 0 aromatic heterocycles. The van der Waals surface area contributed by atoms with Crippen molar-refractivity contribution in [2.24, 2.45) is 5.84 Å². The lowest BCUT2D eigenvalue weighted by Gasteiger charge is -2.19. The average Bonchev–Trinajstić information content (AvgIpc) is 2.38. The number of halogens is 2. The lowest BCUT2D eigenvalue weighted by molar-refractivity contribution is 0.552. The maximum absolute atomic E-state index is 6.24. The van der Waals surface area contributed by atoms with Gasteiger partial charge in [0.05, 0.1) is 6.04 Å². The van der Waals surface area contributed by atoms with E-state index in [0.29, 0.717) is 10.0 Å². The lowest BCUT2D eigenvalue weighted by atomic mass is 9.97. The van der Waals surface area contributed by atoms with Gasteiger partial charge in [0.1, 0.15) is 0 Å². The summed E-state index contributed by atoms with van der Waals surface area (Å²) in [5, 5.41) is 1.33. The lowest BCUT2D eigenvalue weighted by Crippen LogP contribution is -2.29. The third kappa shape index (κ3) is 3.74. The van der Waals surface area contributed by atoms with Gasteiger partial charge in [-0.2, -0.15) is 0 Å². The Morgan fingerprint density at radius 3 is 2.30 bits per heavy atom. The van der Waals surface area contributed by atoms with Crippen molar-refractivity contribution in [3.05, 3.63) is 68.7 Å². The monoisotopic (exact) mass is 308 g/mol. The minimum Gasteiger partial charge on any atom is -0.271 e. The molecule has 2 aromatic rings. The smallest absolute Gasteiger partial charge is 0.0515 e. The van der Waals surface area contributed by atoms with Crippen LogP contribution in [0, 0.1) is 13.8 Å². The highest BCUT2D eigenvalue weighted by Gasteiger charge is 2.15. The molecule has 2 nitrogen and oxygen atoms in total. The van der Waals surface area contributed by atoms with Crippen LogP contribution in [0.4, 0.5) is 0 Å². The van der Waals surface area contributed by atoms with Crippen LogP contribution in [0.15, 0.2) is 36.4 Å². The largest absolute Gasteiger partial charge is 0.271 e. The van der Waals surface area contributed by atoms with Crippen LogP contribution in [0.1, 0.15) is 28.3 Å². The highest BCUT2D eigenvalue weighted by atomic mass is 35.5. The van der Waals surface area contributed by atoms with Crippen LogP contribution < -0.4 is 11.3 Å². The van der Waals surface area contributed by atoms with E-state index in [-0.39, 0.29) is 6.04 Å². The molecule has 0 bridgehead atoms. The molecule has 0 heterocycles. The fraction of sp³-hybridized carbons (Fsp3) is 0.250. The number of aryl methyl sites for hydroxylation is 2. The van der Waals surface area contributed by atoms with Crippen molar-refractivity contribution >= 4 is 23.2 Å². The molecule has 2 rings (SSSR count). The summed E-state index contributed by atoms with van der Waals surface area (Å²) in [5.41, 5.74) is 7.46. The molecule has 0 fully saturated rings. The van der Waals surface area contributed by atoms with Gasteiger partial charge < -0.3 is 0 Å². The fourth-order valence-electron chi connectivity index (χ4n) is 2.46. The Kier molecular flexibility index (Phi) is 5.06. The van der Waals surface area contributed by atoms with E-state index in [0.717, 1.165) is 12.0 Å². The SMILES string of the molecule is Cc1cc(C)cc(CC(NN)c2cc(Cl)ccc2Cl)c1. The van der Waals surface area contributed by atoms with Crippen molar-refractivity contribution in [3.8, 4) is 0 Å². The van der Waals surface area contributed by atoms with Crippen LogP contribution in [0.25, 0.3) is 0 Å². The molecule has 1 atom stereocenters. The summed E-state index contributed by atoms with van der Waals surface area (Å²) >= 11 is 12.3. The third-order valence-electron chi connectivity index (χ3n) is 3.26. The summed E-state index contributed by atoms with van der Waals surface area (Å²) in [6, 6.07) is 11.8. The van der Waals surface area contributed by atoms with E-state index in [2.05, 4.69) is 37.5 Å². The van der Waals surface area contributed by atoms with E-state index in [4.69, 9.17) is 29.0 Å². The molecule has 0 saturated carbocycles. The zero-order chi connectivity index (χ0) is 14.7. The van der Waals surface area contributed by atoms with Crippen LogP contribution in [-0.2, 0) is 6.42 Å². The predicted molar refractivity (Wildman–Crippen MR) is 86.1 cm³/mol. The van der Waals surface area contributed by atoms with Crippen LogP contribution in [0.5, 0.6) is 0 Å². The Labute approximate surface area is 129 Å². The van der Waals surface area contributed by atoms with Gasteiger partial charge in [-0.3, -0.25) is 11.3 Å². The number of hydrogen-bond acceptors (Lipinski definition) is 2. The Bertz CT molecular complexity index is 591. The molecule has 0 aliphatic heterocycles. The normalized spacial score (nSPS) is 12.4. The fourth-order valence-corrected chi connectivity index (χ4v) is 2.89. The standard InChI is InChI=1S/C16H18Cl2N2/c1-10-5-11(2)7-12(6-10)8-16(20-19)14-9-13(17)3-4-15(14)18/h3-7,9,16,20H,8,19H2,1-2H3. The summed E-state index contributed by atoms with van der Waals surface area (Å²) in [5.74, 6) is 5.70. The van der Waals surface area contributed by atoms with Crippen molar-refractivity contribution in [2.45, 2.75) is 26.3 Å². The van der Waals surface area contributed by atoms with Gasteiger partial charge in [-0.05, 0) is 49.6 Å². The van der Waals surface area contributed by atoms with E-state index in [9.17, 15) is 0 Å². The van der Waals surface area contributed by atoms with Crippen LogP contribution in [0.3, 0.4) is 0 Å². The molecule has 1 unspecified atom stereocenters. The molecule has 2 aromatic carbocycles. The Morgan fingerprint density at radius 1 is 1.05 bits per heavy atom. The molecule has 0 aliphatic rings. The zero-order valence-electron chi connectivity index (χ0n) is 11.6. The zero-order valence-corrected chi connectivity index (χ0v) is 13.1. The number of hydrazine groups is 1. The molecule has 0 amide bonds. The number of nitrogens with one attached hydrogen (secondary N) is 1. The van der Waals surface area contributed by atoms with Crippen molar-refractivity contribution in [3.63, 3.8) is 0 Å². The molecule has 0 aliphatic carbocycles. The second kappa shape index (κ2) is 6.59. The van der Waals surface area contributed by atoms with Gasteiger partial charge in [0, 0.05) is 10.0 Å². The third-order valence-corrected chi connectivity index (χ3v) is 3.84. The number of nitrogens with two attached hydrogens (primary N) is 1. The predicted octanol–water partition coefficient (Wildman–Crippen LogP) is 4.36. The Balaban J connectivity index is 2.31. The van der Waals surface area contributed by atoms with E-state index in [1.807, 2.05) is 6.07 Å². The average molecular weight is 309 g/mol. The van der Waals surface area contributed by atoms with Gasteiger partial charge in [-0.25, -0.2) is 0 Å². The van der Waals surface area contributed by atoms with Crippen LogP contribution in [0.2, 0.25) is 10.0 Å². The van der Waals surface area contributed by atoms with Gasteiger partial charge in [0.25, 0.3) is 0 Å². The first kappa shape index (κ1) is 15.3. The van der Waals surface area contributed by atoms with Gasteiger partial charge >= 0.3 is 0 Å². The van der Waals surface area contributed by atoms with Gasteiger partial charge in [0.15, 0.2) is 0 Å². The first-order valence-corrected chi connectivity index (χ1v) is 7.23. The number of hydrogen-bond donors (Lipinski definition) is 2. The summed E-state index contributed by atoms with van der Waals surface area (Å²) in [6.07, 6.45) is 0.763. The maximum atomic E-state index is 6.24. The summed E-state index contributed by atoms with van der Waals surface area (Å²) in [6.45, 7) is 4.18. The first-order chi connectivity index (χ1) is 9.49. The van der Waals surface area contributed by atoms with Gasteiger partial charge in [-0.15, -0.1) is 0 Å². The van der Waals surface area contributed by atoms with E-state index < -0.39 is 0 Å². The van der Waals surface area contributed by atoms with E-state index in [1.165, 1.54) is 16.7 Å². The van der Waals surface area contributed by atoms with Gasteiger partial charge in [-0.1, -0.05) is 52.5 Å². The number of benzene rings is 2. The van der Waals surface area contributed by atoms with E-state index >= 15 is 0 Å². The molecular weight excluding hydrogens is 291 g/mol. The Hall–Kier alpha value is -1.06. The molecule has 0 saturated heterocycles. The van der Waals surface area contributed by atoms with Crippen molar-refractivity contribution < 1.29 is 0 Å². The number of rotatable bonds is 4. The molecule has 20 heavy (non-hydrogen) atoms. The minimum absolute atomic E-state index is 0.0672. The molecule has 4 heteroatoms. The maximum Gasteiger partial charge on any atom is 0.0515 e. The highest BCUT2D eigenvalue weighted by molar-refractivity contribution is 6.33. The highest BCUT2D eigenvalue weighted by Crippen LogP contribution is 2.28. The minimum atomic E-state index is -0.0672. The molecule has 0 spiro atoms. The van der Waals surface area contributed by atoms with Crippen LogP contribution >= 0.6 is 23.2 Å². The summed E-state index contributed by atoms with van der Waals surface area (Å²) in [4.78, 5) is 0. The first-order valence-electron chi connectivity index (χ1n) is 6.48. The van der Waals surface area contributed by atoms with Crippen molar-refractivity contribution in [1.29, 1.82) is 0 Å².